The van der Waals surface area contributed by atoms with Crippen molar-refractivity contribution >= 4 is 28.7 Å². The van der Waals surface area contributed by atoms with Gasteiger partial charge in [0.05, 0.1) is 17.7 Å². The Morgan fingerprint density at radius 2 is 1.79 bits per heavy atom. The molecule has 0 spiro atoms. The van der Waals surface area contributed by atoms with Gasteiger partial charge in [-0.3, -0.25) is 9.36 Å². The Kier molecular flexibility index (Phi) is 8.98. The lowest BCUT2D eigenvalue weighted by atomic mass is 9.88. The maximum atomic E-state index is 13.0. The van der Waals surface area contributed by atoms with E-state index in [-0.39, 0.29) is 11.9 Å². The van der Waals surface area contributed by atoms with Crippen LogP contribution in [0.5, 0.6) is 17.2 Å². The number of hydrogen-bond acceptors (Lipinski definition) is 7. The zero-order valence-electron chi connectivity index (χ0n) is 25.1. The fraction of sp³-hybridized carbons (Fsp3) is 0.364. The molecule has 2 amide bonds. The number of rotatable bonds is 9. The van der Waals surface area contributed by atoms with Crippen molar-refractivity contribution in [3.8, 4) is 17.2 Å². The summed E-state index contributed by atoms with van der Waals surface area (Å²) in [5, 5.41) is 16.4. The van der Waals surface area contributed by atoms with Crippen LogP contribution < -0.4 is 20.1 Å². The molecule has 0 unspecified atom stereocenters. The summed E-state index contributed by atoms with van der Waals surface area (Å²) in [5.74, 6) is 1.98. The van der Waals surface area contributed by atoms with E-state index in [0.29, 0.717) is 53.2 Å². The molecular formula is C33H39N5O5. The first-order chi connectivity index (χ1) is 20.6. The molecule has 0 aliphatic carbocycles. The number of likely N-dealkylation sites (tertiary alicyclic amines) is 1. The number of carbonyl (C=O) groups is 2. The van der Waals surface area contributed by atoms with Gasteiger partial charge in [0.25, 0.3) is 5.91 Å². The number of β-amino-alcohol motifs (C(OH)–C–C–N with tert-alkyl or cyclic N) is 1. The summed E-state index contributed by atoms with van der Waals surface area (Å²) in [4.78, 5) is 31.9. The summed E-state index contributed by atoms with van der Waals surface area (Å²) in [6.07, 6.45) is 5.31. The molecule has 1 aliphatic rings. The standard InChI is InChI=1S/C33H39N5O5/c1-5-42-28-20-27-25(13-17-38(27)32(40)34-4)18-29(28)43-26-10-14-35-30(19-26)36-31(39)24-8-6-22(7-9-24)23-11-15-37(16-12-23)21-33(2,3)41/h6-10,13-14,17-20,23,41H,5,11-12,15-16,21H2,1-4H3,(H,34,40)(H,35,36,39). The predicted molar refractivity (Wildman–Crippen MR) is 166 cm³/mol. The van der Waals surface area contributed by atoms with Crippen LogP contribution in [0, 0.1) is 0 Å². The lowest BCUT2D eigenvalue weighted by Gasteiger charge is -2.35. The van der Waals surface area contributed by atoms with E-state index < -0.39 is 5.60 Å². The summed E-state index contributed by atoms with van der Waals surface area (Å²) < 4.78 is 13.5. The molecule has 2 aromatic carbocycles. The van der Waals surface area contributed by atoms with E-state index in [1.807, 2.05) is 57.2 Å². The van der Waals surface area contributed by atoms with Crippen LogP contribution in [0.3, 0.4) is 0 Å². The maximum Gasteiger partial charge on any atom is 0.325 e. The second-order valence-electron chi connectivity index (χ2n) is 11.4. The van der Waals surface area contributed by atoms with E-state index in [1.165, 1.54) is 10.1 Å². The number of nitrogens with one attached hydrogen (secondary N) is 2. The summed E-state index contributed by atoms with van der Waals surface area (Å²) in [6.45, 7) is 8.55. The summed E-state index contributed by atoms with van der Waals surface area (Å²) in [5.41, 5.74) is 1.77. The number of pyridine rings is 1. The van der Waals surface area contributed by atoms with Gasteiger partial charge in [-0.2, -0.15) is 0 Å². The highest BCUT2D eigenvalue weighted by Gasteiger charge is 2.25. The third kappa shape index (κ3) is 7.33. The van der Waals surface area contributed by atoms with Gasteiger partial charge in [0.2, 0.25) is 0 Å². The summed E-state index contributed by atoms with van der Waals surface area (Å²) >= 11 is 0. The molecule has 226 valence electrons. The van der Waals surface area contributed by atoms with Crippen molar-refractivity contribution in [2.45, 2.75) is 45.1 Å². The second-order valence-corrected chi connectivity index (χ2v) is 11.4. The van der Waals surface area contributed by atoms with Crippen molar-refractivity contribution in [1.29, 1.82) is 0 Å². The third-order valence-electron chi connectivity index (χ3n) is 7.53. The van der Waals surface area contributed by atoms with Crippen molar-refractivity contribution < 1.29 is 24.2 Å². The first-order valence-corrected chi connectivity index (χ1v) is 14.6. The summed E-state index contributed by atoms with van der Waals surface area (Å²) in [7, 11) is 1.58. The molecular weight excluding hydrogens is 546 g/mol. The molecule has 2 aromatic heterocycles. The van der Waals surface area contributed by atoms with Gasteiger partial charge in [0.15, 0.2) is 11.5 Å². The van der Waals surface area contributed by atoms with Gasteiger partial charge in [0, 0.05) is 49.1 Å². The molecule has 1 aliphatic heterocycles. The Bertz CT molecular complexity index is 1580. The molecule has 0 radical (unpaired) electrons. The monoisotopic (exact) mass is 585 g/mol. The van der Waals surface area contributed by atoms with Crippen molar-refractivity contribution in [2.24, 2.45) is 0 Å². The van der Waals surface area contributed by atoms with Gasteiger partial charge in [-0.05, 0) is 88.5 Å². The third-order valence-corrected chi connectivity index (χ3v) is 7.53. The number of anilines is 1. The van der Waals surface area contributed by atoms with Gasteiger partial charge in [0.1, 0.15) is 11.6 Å². The molecule has 3 heterocycles. The van der Waals surface area contributed by atoms with Gasteiger partial charge in [-0.15, -0.1) is 0 Å². The van der Waals surface area contributed by atoms with Crippen LogP contribution in [0.2, 0.25) is 0 Å². The number of nitrogens with zero attached hydrogens (tertiary/aromatic N) is 3. The summed E-state index contributed by atoms with van der Waals surface area (Å²) in [6, 6.07) is 16.3. The normalized spacial score (nSPS) is 14.4. The van der Waals surface area contributed by atoms with Crippen molar-refractivity contribution in [3.05, 3.63) is 78.1 Å². The molecule has 43 heavy (non-hydrogen) atoms. The fourth-order valence-electron chi connectivity index (χ4n) is 5.52. The van der Waals surface area contributed by atoms with Crippen LogP contribution >= 0.6 is 0 Å². The van der Waals surface area contributed by atoms with Crippen molar-refractivity contribution in [2.75, 3.05) is 38.6 Å². The van der Waals surface area contributed by atoms with Gasteiger partial charge in [-0.25, -0.2) is 9.78 Å². The predicted octanol–water partition coefficient (Wildman–Crippen LogP) is 5.62. The van der Waals surface area contributed by atoms with Crippen LogP contribution in [0.15, 0.2) is 67.0 Å². The molecule has 4 aromatic rings. The minimum absolute atomic E-state index is 0.251. The first-order valence-electron chi connectivity index (χ1n) is 14.6. The molecule has 0 atom stereocenters. The molecule has 1 saturated heterocycles. The van der Waals surface area contributed by atoms with Crippen LogP contribution in [0.1, 0.15) is 55.5 Å². The number of carbonyl (C=O) groups excluding carboxylic acids is 2. The highest BCUT2D eigenvalue weighted by molar-refractivity contribution is 6.03. The average molecular weight is 586 g/mol. The van der Waals surface area contributed by atoms with Crippen molar-refractivity contribution in [1.82, 2.24) is 19.8 Å². The Balaban J connectivity index is 1.24. The smallest absolute Gasteiger partial charge is 0.325 e. The SMILES string of the molecule is CCOc1cc2c(ccn2C(=O)NC)cc1Oc1ccnc(NC(=O)c2ccc(C3CCN(CC(C)(C)O)CC3)cc2)c1. The lowest BCUT2D eigenvalue weighted by molar-refractivity contribution is 0.0282. The van der Waals surface area contributed by atoms with E-state index in [4.69, 9.17) is 9.47 Å². The average Bonchev–Trinajstić information content (AvgIpc) is 3.39. The number of amides is 2. The molecule has 10 nitrogen and oxygen atoms in total. The van der Waals surface area contributed by atoms with E-state index in [0.717, 1.165) is 31.3 Å². The van der Waals surface area contributed by atoms with Gasteiger partial charge >= 0.3 is 6.03 Å². The van der Waals surface area contributed by atoms with Gasteiger partial charge < -0.3 is 30.1 Å². The van der Waals surface area contributed by atoms with E-state index in [9.17, 15) is 14.7 Å². The van der Waals surface area contributed by atoms with Crippen molar-refractivity contribution in [3.63, 3.8) is 0 Å². The van der Waals surface area contributed by atoms with Crippen LogP contribution in [0.4, 0.5) is 10.6 Å². The number of benzene rings is 2. The first kappa shape index (κ1) is 30.1. The Morgan fingerprint density at radius 3 is 2.47 bits per heavy atom. The highest BCUT2D eigenvalue weighted by atomic mass is 16.5. The fourth-order valence-corrected chi connectivity index (χ4v) is 5.52. The molecule has 5 rings (SSSR count). The number of ether oxygens (including phenoxy) is 2. The van der Waals surface area contributed by atoms with E-state index in [1.54, 1.807) is 37.6 Å². The Morgan fingerprint density at radius 1 is 1.05 bits per heavy atom. The van der Waals surface area contributed by atoms with E-state index in [2.05, 4.69) is 20.5 Å². The molecule has 10 heteroatoms. The highest BCUT2D eigenvalue weighted by Crippen LogP contribution is 2.37. The number of fused-ring (bicyclic) bond motifs is 1. The number of hydrogen-bond donors (Lipinski definition) is 3. The minimum atomic E-state index is -0.689. The quantitative estimate of drug-likeness (QED) is 0.233. The minimum Gasteiger partial charge on any atom is -0.490 e. The topological polar surface area (TPSA) is 118 Å². The number of piperidine rings is 1. The van der Waals surface area contributed by atoms with Crippen LogP contribution in [-0.4, -0.2) is 70.4 Å². The zero-order valence-corrected chi connectivity index (χ0v) is 25.1. The molecule has 0 bridgehead atoms. The second kappa shape index (κ2) is 12.8. The van der Waals surface area contributed by atoms with E-state index >= 15 is 0 Å². The molecule has 3 N–H and O–H groups in total. The van der Waals surface area contributed by atoms with Crippen LogP contribution in [-0.2, 0) is 0 Å². The Labute approximate surface area is 251 Å². The van der Waals surface area contributed by atoms with Crippen LogP contribution in [0.25, 0.3) is 10.9 Å². The Hall–Kier alpha value is -4.41. The largest absolute Gasteiger partial charge is 0.490 e. The lowest BCUT2D eigenvalue weighted by Crippen LogP contribution is -2.42. The molecule has 1 fully saturated rings. The number of aliphatic hydroxyl groups is 1. The zero-order chi connectivity index (χ0) is 30.6. The van der Waals surface area contributed by atoms with Gasteiger partial charge in [-0.1, -0.05) is 12.1 Å². The maximum absolute atomic E-state index is 13.0. The molecule has 0 saturated carbocycles. The number of aromatic nitrogens is 2.